The van der Waals surface area contributed by atoms with Crippen LogP contribution in [0.5, 0.6) is 0 Å². The van der Waals surface area contributed by atoms with Crippen LogP contribution in [0.15, 0.2) is 180 Å². The molecule has 0 saturated heterocycles. The van der Waals surface area contributed by atoms with Crippen molar-refractivity contribution in [2.45, 2.75) is 0 Å². The maximum atomic E-state index is 6.49. The molecule has 0 atom stereocenters. The van der Waals surface area contributed by atoms with Gasteiger partial charge < -0.3 is 13.6 Å². The van der Waals surface area contributed by atoms with Crippen LogP contribution in [0.4, 0.5) is 0 Å². The summed E-state index contributed by atoms with van der Waals surface area (Å²) in [5.41, 5.74) is 14.1. The second-order valence-corrected chi connectivity index (χ2v) is 13.2. The Labute approximate surface area is 293 Å². The minimum Gasteiger partial charge on any atom is -0.454 e. The first-order valence-electron chi connectivity index (χ1n) is 17.3. The monoisotopic (exact) mass is 651 g/mol. The number of pyridine rings is 1. The zero-order chi connectivity index (χ0) is 33.5. The topological polar surface area (TPSA) is 35.9 Å². The second-order valence-electron chi connectivity index (χ2n) is 13.2. The number of rotatable bonds is 4. The van der Waals surface area contributed by atoms with Gasteiger partial charge in [0.05, 0.1) is 33.3 Å². The summed E-state index contributed by atoms with van der Waals surface area (Å²) in [5, 5.41) is 5.80. The van der Waals surface area contributed by atoms with Gasteiger partial charge in [0.1, 0.15) is 5.58 Å². The van der Waals surface area contributed by atoms with Gasteiger partial charge >= 0.3 is 0 Å². The summed E-state index contributed by atoms with van der Waals surface area (Å²) in [6.07, 6.45) is 1.88. The molecule has 238 valence electrons. The highest BCUT2D eigenvalue weighted by atomic mass is 16.3. The van der Waals surface area contributed by atoms with Crippen molar-refractivity contribution in [3.05, 3.63) is 176 Å². The largest absolute Gasteiger partial charge is 0.454 e. The lowest BCUT2D eigenvalue weighted by atomic mass is 10.0. The summed E-state index contributed by atoms with van der Waals surface area (Å²) in [7, 11) is 0. The summed E-state index contributed by atoms with van der Waals surface area (Å²) in [5.74, 6) is 0. The fraction of sp³-hybridized carbons (Fsp3) is 0. The van der Waals surface area contributed by atoms with E-state index in [-0.39, 0.29) is 0 Å². The van der Waals surface area contributed by atoms with E-state index in [4.69, 9.17) is 9.40 Å². The Hall–Kier alpha value is -6.91. The van der Waals surface area contributed by atoms with Crippen molar-refractivity contribution in [2.75, 3.05) is 0 Å². The van der Waals surface area contributed by atoms with Crippen molar-refractivity contribution in [2.24, 2.45) is 0 Å². The number of para-hydroxylation sites is 3. The van der Waals surface area contributed by atoms with E-state index in [2.05, 4.69) is 161 Å². The molecule has 0 bridgehead atoms. The lowest BCUT2D eigenvalue weighted by Crippen LogP contribution is -1.94. The maximum absolute atomic E-state index is 6.49. The molecule has 0 aliphatic carbocycles. The fourth-order valence-corrected chi connectivity index (χ4v) is 8.07. The van der Waals surface area contributed by atoms with Crippen LogP contribution >= 0.6 is 0 Å². The van der Waals surface area contributed by atoms with Gasteiger partial charge in [-0.15, -0.1) is 0 Å². The zero-order valence-electron chi connectivity index (χ0n) is 27.5. The Kier molecular flexibility index (Phi) is 5.92. The number of benzene rings is 7. The Bertz CT molecular complexity index is 3140. The molecule has 0 spiro atoms. The van der Waals surface area contributed by atoms with Crippen LogP contribution < -0.4 is 0 Å². The molecule has 0 radical (unpaired) electrons. The molecule has 0 aliphatic rings. The molecule has 0 fully saturated rings. The Morgan fingerprint density at radius 3 is 1.92 bits per heavy atom. The molecule has 0 unspecified atom stereocenters. The van der Waals surface area contributed by atoms with Gasteiger partial charge in [0.2, 0.25) is 0 Å². The van der Waals surface area contributed by atoms with Crippen LogP contribution in [-0.2, 0) is 0 Å². The first-order valence-corrected chi connectivity index (χ1v) is 17.3. The van der Waals surface area contributed by atoms with Gasteiger partial charge in [-0.2, -0.15) is 0 Å². The van der Waals surface area contributed by atoms with Crippen molar-refractivity contribution >= 4 is 65.7 Å². The molecular weight excluding hydrogens is 623 g/mol. The molecule has 4 heterocycles. The average molecular weight is 652 g/mol. The standard InChI is InChI=1S/C47H29N3O/c1-2-11-30(12-3-1)31-13-8-14-34(27-31)49-40-18-6-4-15-35(40)38-28-32(22-24-41(38)49)33-23-25-42-39(29-33)46-43(20-10-26-48-46)50(42)44-19-9-17-37-36-16-5-7-21-45(36)51-47(37)44/h1-29H. The van der Waals surface area contributed by atoms with Gasteiger partial charge in [0.15, 0.2) is 5.58 Å². The van der Waals surface area contributed by atoms with Crippen LogP contribution in [0.3, 0.4) is 0 Å². The van der Waals surface area contributed by atoms with Crippen molar-refractivity contribution in [3.8, 4) is 33.6 Å². The van der Waals surface area contributed by atoms with Crippen LogP contribution in [0.1, 0.15) is 0 Å². The van der Waals surface area contributed by atoms with E-state index in [0.717, 1.165) is 60.8 Å². The van der Waals surface area contributed by atoms with Crippen LogP contribution in [0.25, 0.3) is 99.3 Å². The van der Waals surface area contributed by atoms with E-state index in [0.29, 0.717) is 0 Å². The van der Waals surface area contributed by atoms with E-state index < -0.39 is 0 Å². The number of furan rings is 1. The highest BCUT2D eigenvalue weighted by Crippen LogP contribution is 2.40. The summed E-state index contributed by atoms with van der Waals surface area (Å²) < 4.78 is 11.2. The smallest absolute Gasteiger partial charge is 0.159 e. The number of hydrogen-bond acceptors (Lipinski definition) is 2. The molecule has 4 heteroatoms. The van der Waals surface area contributed by atoms with E-state index in [9.17, 15) is 0 Å². The van der Waals surface area contributed by atoms with Crippen molar-refractivity contribution in [1.82, 2.24) is 14.1 Å². The predicted molar refractivity (Wildman–Crippen MR) is 211 cm³/mol. The summed E-state index contributed by atoms with van der Waals surface area (Å²) in [6, 6.07) is 60.6. The Balaban J connectivity index is 1.09. The third-order valence-corrected chi connectivity index (χ3v) is 10.4. The van der Waals surface area contributed by atoms with E-state index in [1.54, 1.807) is 0 Å². The maximum Gasteiger partial charge on any atom is 0.159 e. The van der Waals surface area contributed by atoms with Gasteiger partial charge in [0, 0.05) is 38.8 Å². The van der Waals surface area contributed by atoms with Crippen molar-refractivity contribution in [1.29, 1.82) is 0 Å². The predicted octanol–water partition coefficient (Wildman–Crippen LogP) is 12.5. The average Bonchev–Trinajstić information content (AvgIpc) is 3.86. The van der Waals surface area contributed by atoms with Gasteiger partial charge in [-0.1, -0.05) is 103 Å². The summed E-state index contributed by atoms with van der Waals surface area (Å²) in [6.45, 7) is 0. The minimum atomic E-state index is 0.876. The molecule has 4 aromatic heterocycles. The molecular formula is C47H29N3O. The zero-order valence-corrected chi connectivity index (χ0v) is 27.5. The third-order valence-electron chi connectivity index (χ3n) is 10.4. The Morgan fingerprint density at radius 1 is 0.392 bits per heavy atom. The fourth-order valence-electron chi connectivity index (χ4n) is 8.07. The lowest BCUT2D eigenvalue weighted by molar-refractivity contribution is 0.666. The molecule has 51 heavy (non-hydrogen) atoms. The van der Waals surface area contributed by atoms with Gasteiger partial charge in [-0.05, 0) is 89.0 Å². The van der Waals surface area contributed by atoms with Crippen molar-refractivity contribution < 1.29 is 4.42 Å². The van der Waals surface area contributed by atoms with Crippen LogP contribution in [0, 0.1) is 0 Å². The molecule has 0 saturated carbocycles. The van der Waals surface area contributed by atoms with E-state index in [1.807, 2.05) is 24.4 Å². The van der Waals surface area contributed by atoms with Gasteiger partial charge in [0.25, 0.3) is 0 Å². The van der Waals surface area contributed by atoms with Crippen LogP contribution in [-0.4, -0.2) is 14.1 Å². The third kappa shape index (κ3) is 4.17. The van der Waals surface area contributed by atoms with Gasteiger partial charge in [-0.25, -0.2) is 0 Å². The molecule has 11 rings (SSSR count). The molecule has 4 nitrogen and oxygen atoms in total. The van der Waals surface area contributed by atoms with Gasteiger partial charge in [-0.3, -0.25) is 4.98 Å². The Morgan fingerprint density at radius 2 is 1.04 bits per heavy atom. The van der Waals surface area contributed by atoms with Crippen LogP contribution in [0.2, 0.25) is 0 Å². The molecule has 7 aromatic carbocycles. The molecule has 0 N–H and O–H groups in total. The quantitative estimate of drug-likeness (QED) is 0.190. The molecule has 0 amide bonds. The highest BCUT2D eigenvalue weighted by molar-refractivity contribution is 6.13. The highest BCUT2D eigenvalue weighted by Gasteiger charge is 2.19. The number of nitrogens with zero attached hydrogens (tertiary/aromatic N) is 3. The lowest BCUT2D eigenvalue weighted by Gasteiger charge is -2.11. The number of fused-ring (bicyclic) bond motifs is 9. The molecule has 11 aromatic rings. The first kappa shape index (κ1) is 28.0. The summed E-state index contributed by atoms with van der Waals surface area (Å²) in [4.78, 5) is 4.92. The number of aromatic nitrogens is 3. The minimum absolute atomic E-state index is 0.876. The summed E-state index contributed by atoms with van der Waals surface area (Å²) >= 11 is 0. The normalized spacial score (nSPS) is 11.9. The van der Waals surface area contributed by atoms with Crippen molar-refractivity contribution in [3.63, 3.8) is 0 Å². The molecule has 0 aliphatic heterocycles. The van der Waals surface area contributed by atoms with E-state index in [1.165, 1.54) is 38.5 Å². The number of hydrogen-bond donors (Lipinski definition) is 0. The second kappa shape index (κ2) is 10.8. The van der Waals surface area contributed by atoms with E-state index >= 15 is 0 Å². The SMILES string of the molecule is c1ccc(-c2cccc(-n3c4ccccc4c4cc(-c5ccc6c(c5)c5ncccc5n6-c5cccc6c5oc5ccccc56)ccc43)c2)cc1. The first-order chi connectivity index (χ1) is 25.3.